The van der Waals surface area contributed by atoms with Crippen molar-refractivity contribution in [3.8, 4) is 0 Å². The van der Waals surface area contributed by atoms with Gasteiger partial charge in [-0.15, -0.1) is 11.3 Å². The normalized spacial score (nSPS) is 12.2. The van der Waals surface area contributed by atoms with Gasteiger partial charge in [-0.25, -0.2) is 0 Å². The van der Waals surface area contributed by atoms with Crippen LogP contribution in [0.1, 0.15) is 10.4 Å². The number of halogens is 3. The van der Waals surface area contributed by atoms with Crippen molar-refractivity contribution < 1.29 is 13.2 Å². The van der Waals surface area contributed by atoms with Crippen molar-refractivity contribution in [3.05, 3.63) is 34.7 Å². The number of hydrogen-bond donors (Lipinski definition) is 1. The summed E-state index contributed by atoms with van der Waals surface area (Å²) >= 11 is 0.806. The summed E-state index contributed by atoms with van der Waals surface area (Å²) in [5.41, 5.74) is 0.903. The summed E-state index contributed by atoms with van der Waals surface area (Å²) in [5.74, 6) is 0. The van der Waals surface area contributed by atoms with Crippen LogP contribution in [0, 0.1) is 0 Å². The van der Waals surface area contributed by atoms with Gasteiger partial charge in [-0.05, 0) is 24.1 Å². The number of nitrogens with one attached hydrogen (secondary N) is 1. The molecule has 0 fully saturated rings. The predicted octanol–water partition coefficient (Wildman–Crippen LogP) is 3.64. The first kappa shape index (κ1) is 11.4. The topological polar surface area (TPSA) is 12.0 Å². The zero-order chi connectivity index (χ0) is 11.8. The summed E-state index contributed by atoms with van der Waals surface area (Å²) in [6, 6.07) is 6.54. The van der Waals surface area contributed by atoms with Gasteiger partial charge in [-0.2, -0.15) is 13.2 Å². The fraction of sp³-hybridized carbons (Fsp3) is 0.273. The lowest BCUT2D eigenvalue weighted by Gasteiger charge is -2.01. The van der Waals surface area contributed by atoms with Gasteiger partial charge in [0.1, 0.15) is 4.88 Å². The van der Waals surface area contributed by atoms with Crippen molar-refractivity contribution in [2.75, 3.05) is 7.05 Å². The molecule has 0 unspecified atom stereocenters. The van der Waals surface area contributed by atoms with Gasteiger partial charge in [-0.3, -0.25) is 0 Å². The van der Waals surface area contributed by atoms with Crippen molar-refractivity contribution in [2.24, 2.45) is 0 Å². The van der Waals surface area contributed by atoms with E-state index in [1.54, 1.807) is 19.2 Å². The Labute approximate surface area is 94.9 Å². The summed E-state index contributed by atoms with van der Waals surface area (Å²) in [7, 11) is 1.77. The fourth-order valence-corrected chi connectivity index (χ4v) is 2.63. The Morgan fingerprint density at radius 2 is 2.06 bits per heavy atom. The predicted molar refractivity (Wildman–Crippen MR) is 59.6 cm³/mol. The standard InChI is InChI=1S/C11H10F3NS/c1-15-6-8-4-2-3-7-5-9(11(12,13)14)16-10(7)8/h2-5,15H,6H2,1H3. The van der Waals surface area contributed by atoms with Gasteiger partial charge in [0.2, 0.25) is 0 Å². The molecular weight excluding hydrogens is 235 g/mol. The Morgan fingerprint density at radius 1 is 1.31 bits per heavy atom. The molecule has 0 atom stereocenters. The number of thiophene rings is 1. The molecule has 2 aromatic rings. The Balaban J connectivity index is 2.57. The van der Waals surface area contributed by atoms with Gasteiger partial charge in [-0.1, -0.05) is 18.2 Å². The molecule has 0 saturated heterocycles. The van der Waals surface area contributed by atoms with E-state index in [4.69, 9.17) is 0 Å². The first-order chi connectivity index (χ1) is 7.52. The third-order valence-electron chi connectivity index (χ3n) is 2.27. The molecule has 0 bridgehead atoms. The quantitative estimate of drug-likeness (QED) is 0.851. The van der Waals surface area contributed by atoms with Crippen molar-refractivity contribution in [1.82, 2.24) is 5.32 Å². The molecule has 0 aliphatic heterocycles. The third kappa shape index (κ3) is 2.05. The minimum absolute atomic E-state index is 0.536. The van der Waals surface area contributed by atoms with Crippen molar-refractivity contribution >= 4 is 21.4 Å². The van der Waals surface area contributed by atoms with E-state index in [0.29, 0.717) is 16.6 Å². The summed E-state index contributed by atoms with van der Waals surface area (Å²) in [4.78, 5) is -0.536. The molecule has 1 nitrogen and oxygen atoms in total. The van der Waals surface area contributed by atoms with E-state index in [1.807, 2.05) is 6.07 Å². The second-order valence-electron chi connectivity index (χ2n) is 3.47. The molecular formula is C11H10F3NS. The molecule has 0 spiro atoms. The number of hydrogen-bond acceptors (Lipinski definition) is 2. The van der Waals surface area contributed by atoms with Crippen LogP contribution in [-0.4, -0.2) is 7.05 Å². The highest BCUT2D eigenvalue weighted by atomic mass is 32.1. The molecule has 1 aromatic carbocycles. The minimum atomic E-state index is -4.25. The molecule has 0 saturated carbocycles. The molecule has 1 heterocycles. The minimum Gasteiger partial charge on any atom is -0.316 e. The van der Waals surface area contributed by atoms with Crippen LogP contribution in [0.5, 0.6) is 0 Å². The highest BCUT2D eigenvalue weighted by Gasteiger charge is 2.32. The number of rotatable bonds is 2. The highest BCUT2D eigenvalue weighted by Crippen LogP contribution is 2.39. The van der Waals surface area contributed by atoms with Gasteiger partial charge in [0, 0.05) is 11.2 Å². The zero-order valence-electron chi connectivity index (χ0n) is 8.56. The van der Waals surface area contributed by atoms with E-state index in [0.717, 1.165) is 16.9 Å². The van der Waals surface area contributed by atoms with Crippen molar-refractivity contribution in [3.63, 3.8) is 0 Å². The molecule has 86 valence electrons. The van der Waals surface area contributed by atoms with E-state index in [-0.39, 0.29) is 0 Å². The van der Waals surface area contributed by atoms with Crippen LogP contribution in [0.4, 0.5) is 13.2 Å². The van der Waals surface area contributed by atoms with Gasteiger partial charge < -0.3 is 5.32 Å². The molecule has 1 aromatic heterocycles. The van der Waals surface area contributed by atoms with Gasteiger partial charge in [0.15, 0.2) is 0 Å². The summed E-state index contributed by atoms with van der Waals surface area (Å²) in [6.45, 7) is 0.579. The summed E-state index contributed by atoms with van der Waals surface area (Å²) in [5, 5.41) is 3.61. The Hall–Kier alpha value is -1.07. The number of benzene rings is 1. The molecule has 16 heavy (non-hydrogen) atoms. The largest absolute Gasteiger partial charge is 0.425 e. The average Bonchev–Trinajstić information content (AvgIpc) is 2.62. The van der Waals surface area contributed by atoms with E-state index < -0.39 is 11.1 Å². The van der Waals surface area contributed by atoms with E-state index in [2.05, 4.69) is 5.32 Å². The lowest BCUT2D eigenvalue weighted by molar-refractivity contribution is -0.134. The van der Waals surface area contributed by atoms with Gasteiger partial charge in [0.25, 0.3) is 0 Å². The molecule has 0 amide bonds. The number of alkyl halides is 3. The summed E-state index contributed by atoms with van der Waals surface area (Å²) < 4.78 is 38.3. The SMILES string of the molecule is CNCc1cccc2cc(C(F)(F)F)sc12. The number of fused-ring (bicyclic) bond motifs is 1. The van der Waals surface area contributed by atoms with E-state index >= 15 is 0 Å². The first-order valence-electron chi connectivity index (χ1n) is 4.75. The van der Waals surface area contributed by atoms with Crippen LogP contribution in [0.2, 0.25) is 0 Å². The Bertz CT molecular complexity index is 501. The maximum atomic E-state index is 12.5. The van der Waals surface area contributed by atoms with Gasteiger partial charge in [0.05, 0.1) is 0 Å². The second kappa shape index (κ2) is 4.07. The monoisotopic (exact) mass is 245 g/mol. The van der Waals surface area contributed by atoms with E-state index in [1.165, 1.54) is 6.07 Å². The maximum absolute atomic E-state index is 12.5. The molecule has 2 rings (SSSR count). The van der Waals surface area contributed by atoms with Crippen LogP contribution in [-0.2, 0) is 12.7 Å². The smallest absolute Gasteiger partial charge is 0.316 e. The van der Waals surface area contributed by atoms with Gasteiger partial charge >= 0.3 is 6.18 Å². The van der Waals surface area contributed by atoms with Crippen LogP contribution in [0.25, 0.3) is 10.1 Å². The highest BCUT2D eigenvalue weighted by molar-refractivity contribution is 7.19. The fourth-order valence-electron chi connectivity index (χ4n) is 1.59. The van der Waals surface area contributed by atoms with Crippen LogP contribution < -0.4 is 5.32 Å². The lowest BCUT2D eigenvalue weighted by atomic mass is 10.1. The van der Waals surface area contributed by atoms with Crippen molar-refractivity contribution in [2.45, 2.75) is 12.7 Å². The molecule has 0 radical (unpaired) electrons. The van der Waals surface area contributed by atoms with Crippen LogP contribution in [0.3, 0.4) is 0 Å². The van der Waals surface area contributed by atoms with Crippen LogP contribution >= 0.6 is 11.3 Å². The second-order valence-corrected chi connectivity index (χ2v) is 4.53. The Kier molecular flexibility index (Phi) is 2.90. The molecule has 1 N–H and O–H groups in total. The zero-order valence-corrected chi connectivity index (χ0v) is 9.38. The van der Waals surface area contributed by atoms with E-state index in [9.17, 15) is 13.2 Å². The summed E-state index contributed by atoms with van der Waals surface area (Å²) in [6.07, 6.45) is -4.25. The van der Waals surface area contributed by atoms with Crippen LogP contribution in [0.15, 0.2) is 24.3 Å². The molecule has 0 aliphatic rings. The Morgan fingerprint density at radius 3 is 2.69 bits per heavy atom. The lowest BCUT2D eigenvalue weighted by Crippen LogP contribution is -2.04. The first-order valence-corrected chi connectivity index (χ1v) is 5.57. The maximum Gasteiger partial charge on any atom is 0.425 e. The molecule has 0 aliphatic carbocycles. The molecule has 5 heteroatoms. The third-order valence-corrected chi connectivity index (χ3v) is 3.54. The average molecular weight is 245 g/mol. The van der Waals surface area contributed by atoms with Crippen molar-refractivity contribution in [1.29, 1.82) is 0 Å².